The van der Waals surface area contributed by atoms with Crippen LogP contribution < -0.4 is 0 Å². The molecule has 0 radical (unpaired) electrons. The minimum absolute atomic E-state index is 0.329. The highest BCUT2D eigenvalue weighted by molar-refractivity contribution is 7.79. The first-order chi connectivity index (χ1) is 3.68. The van der Waals surface area contributed by atoms with Gasteiger partial charge in [-0.25, -0.2) is 0 Å². The first-order valence-corrected chi connectivity index (χ1v) is 3.58. The van der Waals surface area contributed by atoms with Crippen LogP contribution in [-0.4, -0.2) is 19.3 Å². The van der Waals surface area contributed by atoms with Gasteiger partial charge >= 0.3 is 0 Å². The normalized spacial score (nSPS) is 17.9. The Hall–Kier alpha value is 0.0700. The summed E-state index contributed by atoms with van der Waals surface area (Å²) in [5.41, 5.74) is -1.17. The predicted molar refractivity (Wildman–Crippen MR) is 29.8 cm³/mol. The van der Waals surface area contributed by atoms with Crippen molar-refractivity contribution in [3.8, 4) is 0 Å². The maximum atomic E-state index is 9.84. The van der Waals surface area contributed by atoms with Gasteiger partial charge in [0.15, 0.2) is 0 Å². The second-order valence-corrected chi connectivity index (χ2v) is 2.57. The van der Waals surface area contributed by atoms with Crippen LogP contribution in [0.3, 0.4) is 0 Å². The van der Waals surface area contributed by atoms with Crippen molar-refractivity contribution in [2.24, 2.45) is 0 Å². The Morgan fingerprint density at radius 1 is 1.88 bits per heavy atom. The SMILES string of the molecule is CCCC(O)S(=O)[O-]. The fourth-order valence-electron chi connectivity index (χ4n) is 0.343. The van der Waals surface area contributed by atoms with Crippen molar-refractivity contribution in [3.05, 3.63) is 0 Å². The molecular formula is C4H9O3S-. The summed E-state index contributed by atoms with van der Waals surface area (Å²) >= 11 is -2.30. The third-order valence-electron chi connectivity index (χ3n) is 0.758. The molecule has 0 spiro atoms. The maximum Gasteiger partial charge on any atom is 0.115 e. The molecule has 1 N–H and O–H groups in total. The quantitative estimate of drug-likeness (QED) is 0.556. The molecule has 0 heterocycles. The summed E-state index contributed by atoms with van der Waals surface area (Å²) in [6.45, 7) is 1.82. The van der Waals surface area contributed by atoms with Crippen LogP contribution in [0, 0.1) is 0 Å². The number of hydrogen-bond donors (Lipinski definition) is 1. The minimum atomic E-state index is -2.30. The topological polar surface area (TPSA) is 60.4 Å². The van der Waals surface area contributed by atoms with E-state index in [9.17, 15) is 8.76 Å². The van der Waals surface area contributed by atoms with Gasteiger partial charge in [0.2, 0.25) is 0 Å². The summed E-state index contributed by atoms with van der Waals surface area (Å²) in [7, 11) is 0. The largest absolute Gasteiger partial charge is 0.770 e. The Kier molecular flexibility index (Phi) is 4.03. The Bertz CT molecular complexity index is 83.4. The van der Waals surface area contributed by atoms with Crippen molar-refractivity contribution in [1.82, 2.24) is 0 Å². The lowest BCUT2D eigenvalue weighted by atomic mass is 10.4. The fourth-order valence-corrected chi connectivity index (χ4v) is 0.771. The summed E-state index contributed by atoms with van der Waals surface area (Å²) in [5, 5.41) is 8.51. The molecule has 0 bridgehead atoms. The molecule has 2 atom stereocenters. The average molecular weight is 137 g/mol. The van der Waals surface area contributed by atoms with Crippen LogP contribution in [0.1, 0.15) is 19.8 Å². The van der Waals surface area contributed by atoms with Gasteiger partial charge in [0.1, 0.15) is 5.44 Å². The summed E-state index contributed by atoms with van der Waals surface area (Å²) in [5.74, 6) is 0. The summed E-state index contributed by atoms with van der Waals surface area (Å²) < 4.78 is 19.7. The molecule has 3 nitrogen and oxygen atoms in total. The van der Waals surface area contributed by atoms with E-state index in [4.69, 9.17) is 5.11 Å². The van der Waals surface area contributed by atoms with E-state index in [0.717, 1.165) is 0 Å². The van der Waals surface area contributed by atoms with E-state index in [1.54, 1.807) is 0 Å². The fraction of sp³-hybridized carbons (Fsp3) is 1.00. The van der Waals surface area contributed by atoms with Gasteiger partial charge in [-0.1, -0.05) is 13.3 Å². The first kappa shape index (κ1) is 8.07. The zero-order valence-corrected chi connectivity index (χ0v) is 5.48. The lowest BCUT2D eigenvalue weighted by Crippen LogP contribution is -2.12. The van der Waals surface area contributed by atoms with Crippen molar-refractivity contribution < 1.29 is 13.9 Å². The predicted octanol–water partition coefficient (Wildman–Crippen LogP) is -0.0160. The monoisotopic (exact) mass is 137 g/mol. The van der Waals surface area contributed by atoms with Gasteiger partial charge in [0, 0.05) is 0 Å². The molecule has 4 heteroatoms. The molecule has 8 heavy (non-hydrogen) atoms. The summed E-state index contributed by atoms with van der Waals surface area (Å²) in [6, 6.07) is 0. The highest BCUT2D eigenvalue weighted by Gasteiger charge is 1.99. The standard InChI is InChI=1S/C4H10O3S/c1-2-3-4(5)8(6)7/h4-5H,2-3H2,1H3,(H,6,7)/p-1. The second-order valence-electron chi connectivity index (χ2n) is 1.50. The molecule has 0 aliphatic carbocycles. The van der Waals surface area contributed by atoms with E-state index in [0.29, 0.717) is 12.8 Å². The van der Waals surface area contributed by atoms with Crippen molar-refractivity contribution in [2.75, 3.05) is 0 Å². The van der Waals surface area contributed by atoms with Gasteiger partial charge in [-0.2, -0.15) is 0 Å². The minimum Gasteiger partial charge on any atom is -0.770 e. The molecule has 0 fully saturated rings. The van der Waals surface area contributed by atoms with E-state index in [1.807, 2.05) is 6.92 Å². The zero-order valence-electron chi connectivity index (χ0n) is 4.66. The van der Waals surface area contributed by atoms with Crippen LogP contribution in [0.4, 0.5) is 0 Å². The molecule has 0 aromatic heterocycles. The maximum absolute atomic E-state index is 9.84. The lowest BCUT2D eigenvalue weighted by Gasteiger charge is -2.10. The molecule has 0 saturated carbocycles. The van der Waals surface area contributed by atoms with Crippen molar-refractivity contribution >= 4 is 11.1 Å². The van der Waals surface area contributed by atoms with E-state index >= 15 is 0 Å². The van der Waals surface area contributed by atoms with Crippen LogP contribution in [0.5, 0.6) is 0 Å². The second kappa shape index (κ2) is 4.00. The summed E-state index contributed by atoms with van der Waals surface area (Å²) in [4.78, 5) is 0. The molecule has 50 valence electrons. The highest BCUT2D eigenvalue weighted by atomic mass is 32.2. The molecule has 0 rings (SSSR count). The van der Waals surface area contributed by atoms with Gasteiger partial charge in [-0.3, -0.25) is 4.21 Å². The molecule has 0 aromatic rings. The van der Waals surface area contributed by atoms with Crippen molar-refractivity contribution in [3.63, 3.8) is 0 Å². The smallest absolute Gasteiger partial charge is 0.115 e. The highest BCUT2D eigenvalue weighted by Crippen LogP contribution is 1.97. The van der Waals surface area contributed by atoms with E-state index < -0.39 is 16.5 Å². The molecule has 2 unspecified atom stereocenters. The Morgan fingerprint density at radius 3 is 2.50 bits per heavy atom. The Balaban J connectivity index is 3.32. The molecule has 0 aliphatic rings. The number of hydrogen-bond acceptors (Lipinski definition) is 3. The van der Waals surface area contributed by atoms with Gasteiger partial charge < -0.3 is 9.66 Å². The molecule has 0 aliphatic heterocycles. The molecule has 0 saturated heterocycles. The number of aliphatic hydroxyl groups is 1. The van der Waals surface area contributed by atoms with Gasteiger partial charge in [-0.05, 0) is 17.5 Å². The molecular weight excluding hydrogens is 128 g/mol. The van der Waals surface area contributed by atoms with E-state index in [2.05, 4.69) is 0 Å². The van der Waals surface area contributed by atoms with Crippen molar-refractivity contribution in [2.45, 2.75) is 25.2 Å². The number of aliphatic hydroxyl groups excluding tert-OH is 1. The van der Waals surface area contributed by atoms with Crippen LogP contribution in [0.25, 0.3) is 0 Å². The molecule has 0 amide bonds. The number of rotatable bonds is 3. The van der Waals surface area contributed by atoms with Crippen LogP contribution in [0.2, 0.25) is 0 Å². The van der Waals surface area contributed by atoms with Gasteiger partial charge in [0.25, 0.3) is 0 Å². The van der Waals surface area contributed by atoms with Crippen molar-refractivity contribution in [1.29, 1.82) is 0 Å². The Morgan fingerprint density at radius 2 is 2.38 bits per heavy atom. The summed E-state index contributed by atoms with van der Waals surface area (Å²) in [6.07, 6.45) is 1.02. The van der Waals surface area contributed by atoms with E-state index in [1.165, 1.54) is 0 Å². The van der Waals surface area contributed by atoms with Crippen LogP contribution >= 0.6 is 0 Å². The first-order valence-electron chi connectivity index (χ1n) is 2.44. The van der Waals surface area contributed by atoms with Gasteiger partial charge in [-0.15, -0.1) is 0 Å². The zero-order chi connectivity index (χ0) is 6.57. The average Bonchev–Trinajstić information content (AvgIpc) is 1.67. The van der Waals surface area contributed by atoms with Crippen LogP contribution in [0.15, 0.2) is 0 Å². The van der Waals surface area contributed by atoms with Crippen LogP contribution in [-0.2, 0) is 11.1 Å². The Labute approximate surface area is 51.0 Å². The third-order valence-corrected chi connectivity index (χ3v) is 1.44. The molecule has 0 aromatic carbocycles. The lowest BCUT2D eigenvalue weighted by molar-refractivity contribution is 0.233. The van der Waals surface area contributed by atoms with E-state index in [-0.39, 0.29) is 0 Å². The van der Waals surface area contributed by atoms with Gasteiger partial charge in [0.05, 0.1) is 0 Å². The third kappa shape index (κ3) is 3.12.